The Labute approximate surface area is 137 Å². The number of rotatable bonds is 5. The number of aliphatic hydroxyl groups is 1. The fraction of sp³-hybridized carbons (Fsp3) is 0.588. The molecule has 1 saturated carbocycles. The Bertz CT molecular complexity index is 705. The second-order valence-corrected chi connectivity index (χ2v) is 8.80. The molecule has 1 aromatic rings. The molecule has 1 spiro atoms. The van der Waals surface area contributed by atoms with Crippen LogP contribution < -0.4 is 0 Å². The van der Waals surface area contributed by atoms with Gasteiger partial charge in [0.25, 0.3) is 10.0 Å². The van der Waals surface area contributed by atoms with E-state index in [0.717, 1.165) is 5.56 Å². The van der Waals surface area contributed by atoms with E-state index in [1.165, 1.54) is 0 Å². The van der Waals surface area contributed by atoms with Crippen molar-refractivity contribution in [3.8, 4) is 0 Å². The van der Waals surface area contributed by atoms with Crippen molar-refractivity contribution in [1.82, 2.24) is 0 Å². The fourth-order valence-electron chi connectivity index (χ4n) is 3.47. The highest BCUT2D eigenvalue weighted by Crippen LogP contribution is 2.56. The average molecular weight is 337 g/mol. The van der Waals surface area contributed by atoms with Gasteiger partial charge in [-0.25, -0.2) is 8.42 Å². The zero-order valence-electron chi connectivity index (χ0n) is 13.5. The number of benzene rings is 1. The predicted octanol–water partition coefficient (Wildman–Crippen LogP) is 2.61. The number of sulfonamides is 1. The maximum absolute atomic E-state index is 12.6. The zero-order valence-corrected chi connectivity index (χ0v) is 14.3. The summed E-state index contributed by atoms with van der Waals surface area (Å²) in [7, 11) is -3.55. The minimum atomic E-state index is -3.55. The molecule has 0 radical (unpaired) electrons. The van der Waals surface area contributed by atoms with Crippen LogP contribution in [0, 0.1) is 0 Å². The summed E-state index contributed by atoms with van der Waals surface area (Å²) < 4.78 is 34.2. The van der Waals surface area contributed by atoms with Gasteiger partial charge in [-0.3, -0.25) is 0 Å². The van der Waals surface area contributed by atoms with E-state index in [4.69, 9.17) is 4.74 Å². The highest BCUT2D eigenvalue weighted by atomic mass is 32.2. The van der Waals surface area contributed by atoms with E-state index >= 15 is 0 Å². The van der Waals surface area contributed by atoms with Gasteiger partial charge in [-0.15, -0.1) is 4.40 Å². The Hall–Kier alpha value is -1.40. The Balaban J connectivity index is 1.88. The first-order valence-corrected chi connectivity index (χ1v) is 9.43. The SMILES string of the molecule is CC1(C)OC(C[C@@H](CCO)c2ccccc2)=NS(=O)(=O)C12CC2. The van der Waals surface area contributed by atoms with Gasteiger partial charge in [-0.1, -0.05) is 30.3 Å². The van der Waals surface area contributed by atoms with E-state index in [1.54, 1.807) is 0 Å². The first-order chi connectivity index (χ1) is 10.8. The molecule has 0 bridgehead atoms. The summed E-state index contributed by atoms with van der Waals surface area (Å²) in [6.07, 6.45) is 2.14. The van der Waals surface area contributed by atoms with Crippen molar-refractivity contribution in [2.45, 2.75) is 55.8 Å². The van der Waals surface area contributed by atoms with E-state index in [0.29, 0.717) is 25.7 Å². The smallest absolute Gasteiger partial charge is 0.265 e. The highest BCUT2D eigenvalue weighted by Gasteiger charge is 2.68. The first-order valence-electron chi connectivity index (χ1n) is 7.99. The molecule has 1 aliphatic heterocycles. The fourth-order valence-corrected chi connectivity index (χ4v) is 5.30. The van der Waals surface area contributed by atoms with Gasteiger partial charge >= 0.3 is 0 Å². The summed E-state index contributed by atoms with van der Waals surface area (Å²) in [6, 6.07) is 9.75. The lowest BCUT2D eigenvalue weighted by molar-refractivity contribution is 0.0719. The maximum atomic E-state index is 12.6. The van der Waals surface area contributed by atoms with Gasteiger partial charge < -0.3 is 9.84 Å². The number of hydrogen-bond acceptors (Lipinski definition) is 4. The van der Waals surface area contributed by atoms with Gasteiger partial charge in [0, 0.05) is 13.0 Å². The monoisotopic (exact) mass is 337 g/mol. The lowest BCUT2D eigenvalue weighted by atomic mass is 9.92. The molecular weight excluding hydrogens is 314 g/mol. The van der Waals surface area contributed by atoms with Gasteiger partial charge in [0.2, 0.25) is 5.90 Å². The molecule has 1 fully saturated rings. The van der Waals surface area contributed by atoms with Crippen molar-refractivity contribution in [2.24, 2.45) is 4.40 Å². The molecule has 5 nitrogen and oxygen atoms in total. The molecule has 1 aromatic carbocycles. The quantitative estimate of drug-likeness (QED) is 0.896. The van der Waals surface area contributed by atoms with Crippen LogP contribution in [0.3, 0.4) is 0 Å². The van der Waals surface area contributed by atoms with Gasteiger partial charge in [-0.05, 0) is 44.6 Å². The molecular formula is C17H23NO4S. The normalized spacial score (nSPS) is 24.6. The van der Waals surface area contributed by atoms with Crippen molar-refractivity contribution < 1.29 is 18.3 Å². The summed E-state index contributed by atoms with van der Waals surface area (Å²) in [5, 5.41) is 9.33. The van der Waals surface area contributed by atoms with Gasteiger partial charge in [-0.2, -0.15) is 0 Å². The number of hydrogen-bond donors (Lipinski definition) is 1. The molecule has 0 aromatic heterocycles. The Morgan fingerprint density at radius 2 is 1.91 bits per heavy atom. The van der Waals surface area contributed by atoms with E-state index < -0.39 is 20.4 Å². The molecule has 0 unspecified atom stereocenters. The van der Waals surface area contributed by atoms with Crippen LogP contribution in [0.15, 0.2) is 34.7 Å². The number of ether oxygens (including phenoxy) is 1. The molecule has 0 saturated heterocycles. The van der Waals surface area contributed by atoms with Crippen LogP contribution >= 0.6 is 0 Å². The molecule has 1 aliphatic carbocycles. The standard InChI is InChI=1S/C17H23NO4S/c1-16(2)17(9-10-17)23(20,21)18-15(22-16)12-14(8-11-19)13-6-4-3-5-7-13/h3-7,14,19H,8-12H2,1-2H3/t14-/m1/s1. The maximum Gasteiger partial charge on any atom is 0.265 e. The zero-order chi connectivity index (χ0) is 16.7. The summed E-state index contributed by atoms with van der Waals surface area (Å²) in [6.45, 7) is 3.69. The van der Waals surface area contributed by atoms with Crippen molar-refractivity contribution in [2.75, 3.05) is 6.61 Å². The van der Waals surface area contributed by atoms with E-state index in [2.05, 4.69) is 4.40 Å². The minimum absolute atomic E-state index is 0.0146. The predicted molar refractivity (Wildman–Crippen MR) is 89.0 cm³/mol. The van der Waals surface area contributed by atoms with Crippen LogP contribution in [0.1, 0.15) is 51.0 Å². The van der Waals surface area contributed by atoms with E-state index in [-0.39, 0.29) is 18.4 Å². The van der Waals surface area contributed by atoms with Crippen molar-refractivity contribution in [1.29, 1.82) is 0 Å². The number of aliphatic hydroxyl groups excluding tert-OH is 1. The third-order valence-corrected chi connectivity index (χ3v) is 7.39. The topological polar surface area (TPSA) is 76.0 Å². The molecule has 1 atom stereocenters. The summed E-state index contributed by atoms with van der Waals surface area (Å²) in [5.74, 6) is 0.244. The molecule has 1 heterocycles. The van der Waals surface area contributed by atoms with Crippen LogP contribution in [-0.2, 0) is 14.8 Å². The molecule has 6 heteroatoms. The molecule has 3 rings (SSSR count). The Morgan fingerprint density at radius 1 is 1.26 bits per heavy atom. The Kier molecular flexibility index (Phi) is 4.01. The highest BCUT2D eigenvalue weighted by molar-refractivity contribution is 7.92. The summed E-state index contributed by atoms with van der Waals surface area (Å²) in [4.78, 5) is 0. The van der Waals surface area contributed by atoms with Gasteiger partial charge in [0.1, 0.15) is 10.3 Å². The van der Waals surface area contributed by atoms with Gasteiger partial charge in [0.05, 0.1) is 0 Å². The van der Waals surface area contributed by atoms with Crippen molar-refractivity contribution in [3.63, 3.8) is 0 Å². The van der Waals surface area contributed by atoms with Crippen molar-refractivity contribution in [3.05, 3.63) is 35.9 Å². The third-order valence-electron chi connectivity index (χ3n) is 5.06. The summed E-state index contributed by atoms with van der Waals surface area (Å²) in [5.41, 5.74) is 0.290. The lowest BCUT2D eigenvalue weighted by Crippen LogP contribution is -2.51. The number of nitrogens with zero attached hydrogens (tertiary/aromatic N) is 1. The Morgan fingerprint density at radius 3 is 2.43 bits per heavy atom. The van der Waals surface area contributed by atoms with Crippen LogP contribution in [0.25, 0.3) is 0 Å². The third kappa shape index (κ3) is 2.78. The van der Waals surface area contributed by atoms with E-state index in [9.17, 15) is 13.5 Å². The molecule has 1 N–H and O–H groups in total. The first kappa shape index (κ1) is 16.5. The van der Waals surface area contributed by atoms with Crippen LogP contribution in [0.4, 0.5) is 0 Å². The molecule has 23 heavy (non-hydrogen) atoms. The van der Waals surface area contributed by atoms with E-state index in [1.807, 2.05) is 44.2 Å². The second kappa shape index (κ2) is 5.60. The van der Waals surface area contributed by atoms with Crippen LogP contribution in [-0.4, -0.2) is 36.4 Å². The lowest BCUT2D eigenvalue weighted by Gasteiger charge is -2.38. The average Bonchev–Trinajstić information content (AvgIpc) is 3.28. The van der Waals surface area contributed by atoms with Crippen LogP contribution in [0.5, 0.6) is 0 Å². The molecule has 0 amide bonds. The summed E-state index contributed by atoms with van der Waals surface area (Å²) >= 11 is 0. The molecule has 2 aliphatic rings. The van der Waals surface area contributed by atoms with Crippen molar-refractivity contribution >= 4 is 15.9 Å². The molecule has 126 valence electrons. The second-order valence-electron chi connectivity index (χ2n) is 6.89. The van der Waals surface area contributed by atoms with Gasteiger partial charge in [0.15, 0.2) is 0 Å². The van der Waals surface area contributed by atoms with Crippen LogP contribution in [0.2, 0.25) is 0 Å². The minimum Gasteiger partial charge on any atom is -0.472 e. The largest absolute Gasteiger partial charge is 0.472 e.